The minimum Gasteiger partial charge on any atom is -0.368 e. The van der Waals surface area contributed by atoms with E-state index < -0.39 is 0 Å². The van der Waals surface area contributed by atoms with E-state index >= 15 is 0 Å². The van der Waals surface area contributed by atoms with Gasteiger partial charge in [-0.1, -0.05) is 12.5 Å². The number of hydrazone groups is 1. The molecule has 0 unspecified atom stereocenters. The molecular weight excluding hydrogens is 256 g/mol. The van der Waals surface area contributed by atoms with Crippen LogP contribution in [0.15, 0.2) is 16.8 Å². The predicted molar refractivity (Wildman–Crippen MR) is 77.3 cm³/mol. The largest absolute Gasteiger partial charge is 0.368 e. The summed E-state index contributed by atoms with van der Waals surface area (Å²) in [5.41, 5.74) is 11.8. The lowest BCUT2D eigenvalue weighted by Crippen LogP contribution is -2.41. The molecule has 0 spiro atoms. The second-order valence-electron chi connectivity index (χ2n) is 5.55. The minimum absolute atomic E-state index is 0.0589. The fourth-order valence-electron chi connectivity index (χ4n) is 3.03. The first-order chi connectivity index (χ1) is 9.34. The average Bonchev–Trinajstić information content (AvgIpc) is 2.66. The highest BCUT2D eigenvalue weighted by Crippen LogP contribution is 2.51. The van der Waals surface area contributed by atoms with Crippen LogP contribution in [0.2, 0.25) is 0 Å². The van der Waals surface area contributed by atoms with Gasteiger partial charge in [-0.3, -0.25) is 15.6 Å². The Morgan fingerprint density at radius 2 is 2.10 bits per heavy atom. The molecule has 2 atom stereocenters. The number of rotatable bonds is 2. The third-order valence-corrected chi connectivity index (χ3v) is 4.32. The normalized spacial score (nSPS) is 29.1. The molecular formula is C13H20N6O. The van der Waals surface area contributed by atoms with Crippen LogP contribution in [0.25, 0.3) is 0 Å². The Labute approximate surface area is 117 Å². The van der Waals surface area contributed by atoms with Crippen LogP contribution in [0.5, 0.6) is 0 Å². The molecule has 2 rings (SSSR count). The van der Waals surface area contributed by atoms with Crippen molar-refractivity contribution in [2.24, 2.45) is 27.9 Å². The molecule has 0 aromatic rings. The highest BCUT2D eigenvalue weighted by molar-refractivity contribution is 5.95. The summed E-state index contributed by atoms with van der Waals surface area (Å²) in [6.45, 7) is 2.14. The van der Waals surface area contributed by atoms with E-state index in [1.165, 1.54) is 5.57 Å². The van der Waals surface area contributed by atoms with Crippen LogP contribution in [0.4, 0.5) is 0 Å². The summed E-state index contributed by atoms with van der Waals surface area (Å²) in [7, 11) is 0. The van der Waals surface area contributed by atoms with Gasteiger partial charge >= 0.3 is 0 Å². The van der Waals surface area contributed by atoms with Gasteiger partial charge in [0.1, 0.15) is 0 Å². The number of nitrogens with two attached hydrogens (primary N) is 2. The van der Waals surface area contributed by atoms with Gasteiger partial charge in [-0.05, 0) is 30.8 Å². The molecule has 2 aliphatic rings. The highest BCUT2D eigenvalue weighted by atomic mass is 16.1. The Kier molecular flexibility index (Phi) is 3.61. The molecule has 6 N–H and O–H groups in total. The van der Waals surface area contributed by atoms with Gasteiger partial charge in [0.05, 0.1) is 0 Å². The van der Waals surface area contributed by atoms with Crippen molar-refractivity contribution >= 4 is 23.9 Å². The van der Waals surface area contributed by atoms with Crippen LogP contribution in [-0.4, -0.2) is 28.9 Å². The first-order valence-electron chi connectivity index (χ1n) is 6.61. The fraction of sp³-hybridized carbons (Fsp3) is 0.538. The summed E-state index contributed by atoms with van der Waals surface area (Å²) in [4.78, 5) is 11.5. The quantitative estimate of drug-likeness (QED) is 0.337. The van der Waals surface area contributed by atoms with Crippen LogP contribution < -0.4 is 11.5 Å². The van der Waals surface area contributed by atoms with Crippen molar-refractivity contribution < 1.29 is 4.79 Å². The molecule has 0 radical (unpaired) electrons. The maximum absolute atomic E-state index is 11.5. The van der Waals surface area contributed by atoms with Crippen LogP contribution in [0, 0.1) is 22.2 Å². The van der Waals surface area contributed by atoms with E-state index in [0.29, 0.717) is 6.42 Å². The first-order valence-corrected chi connectivity index (χ1v) is 6.61. The number of hydrogen-bond acceptors (Lipinski definition) is 4. The molecule has 1 saturated carbocycles. The van der Waals surface area contributed by atoms with Crippen molar-refractivity contribution in [3.05, 3.63) is 11.6 Å². The number of allylic oxidation sites excluding steroid dienone is 2. The van der Waals surface area contributed by atoms with Crippen LogP contribution >= 0.6 is 0 Å². The molecule has 0 aromatic carbocycles. The van der Waals surface area contributed by atoms with Crippen molar-refractivity contribution in [3.63, 3.8) is 0 Å². The van der Waals surface area contributed by atoms with Crippen LogP contribution in [0.1, 0.15) is 32.6 Å². The lowest BCUT2D eigenvalue weighted by Gasteiger charge is -2.33. The van der Waals surface area contributed by atoms with Gasteiger partial charge in [-0.25, -0.2) is 0 Å². The van der Waals surface area contributed by atoms with E-state index in [4.69, 9.17) is 22.3 Å². The summed E-state index contributed by atoms with van der Waals surface area (Å²) in [5.74, 6) is -0.398. The number of fused-ring (bicyclic) bond motifs is 1. The zero-order valence-corrected chi connectivity index (χ0v) is 11.5. The Morgan fingerprint density at radius 1 is 1.45 bits per heavy atom. The number of hydrogen-bond donors (Lipinski definition) is 4. The van der Waals surface area contributed by atoms with Crippen LogP contribution in [-0.2, 0) is 4.79 Å². The summed E-state index contributed by atoms with van der Waals surface area (Å²) >= 11 is 0. The van der Waals surface area contributed by atoms with Gasteiger partial charge in [-0.15, -0.1) is 0 Å². The molecule has 2 aliphatic carbocycles. The van der Waals surface area contributed by atoms with E-state index in [2.05, 4.69) is 12.0 Å². The van der Waals surface area contributed by atoms with Gasteiger partial charge in [0.2, 0.25) is 11.9 Å². The smallest absolute Gasteiger partial charge is 0.216 e. The van der Waals surface area contributed by atoms with E-state index in [9.17, 15) is 4.79 Å². The molecule has 20 heavy (non-hydrogen) atoms. The first kappa shape index (κ1) is 14.2. The molecule has 0 aromatic heterocycles. The van der Waals surface area contributed by atoms with Gasteiger partial charge in [0.15, 0.2) is 5.78 Å². The van der Waals surface area contributed by atoms with Gasteiger partial charge in [-0.2, -0.15) is 10.1 Å². The average molecular weight is 276 g/mol. The van der Waals surface area contributed by atoms with Crippen molar-refractivity contribution in [2.75, 3.05) is 0 Å². The van der Waals surface area contributed by atoms with Crippen molar-refractivity contribution in [1.82, 2.24) is 5.01 Å². The topological polar surface area (TPSA) is 132 Å². The van der Waals surface area contributed by atoms with Crippen molar-refractivity contribution in [2.45, 2.75) is 32.6 Å². The molecule has 1 fully saturated rings. The number of nitrogens with zero attached hydrogens (tertiary/aromatic N) is 2. The second kappa shape index (κ2) is 5.07. The maximum Gasteiger partial charge on any atom is 0.216 e. The number of guanidine groups is 2. The zero-order chi connectivity index (χ0) is 14.9. The van der Waals surface area contributed by atoms with Crippen LogP contribution in [0.3, 0.4) is 0 Å². The number of ketones is 1. The van der Waals surface area contributed by atoms with Gasteiger partial charge < -0.3 is 11.5 Å². The summed E-state index contributed by atoms with van der Waals surface area (Å²) < 4.78 is 0. The van der Waals surface area contributed by atoms with E-state index in [-0.39, 0.29) is 29.0 Å². The van der Waals surface area contributed by atoms with Crippen molar-refractivity contribution in [1.29, 1.82) is 10.8 Å². The zero-order valence-electron chi connectivity index (χ0n) is 11.5. The molecule has 0 heterocycles. The number of nitrogens with one attached hydrogen (secondary N) is 2. The molecule has 108 valence electrons. The van der Waals surface area contributed by atoms with E-state index in [0.717, 1.165) is 24.3 Å². The lowest BCUT2D eigenvalue weighted by atomic mass is 9.71. The standard InChI is InChI=1S/C13H20N6O/c1-13-5-4-10(20)6-8(13)2-3-9(13)7-18-19(11(14)15)12(16)17/h6-7,9H,2-5H2,1H3,(H3,14,15)(H3,16,17)/t9-,13+/m1/s1. The summed E-state index contributed by atoms with van der Waals surface area (Å²) in [6, 6.07) is 0. The third kappa shape index (κ3) is 2.43. The molecule has 0 saturated heterocycles. The molecule has 0 aliphatic heterocycles. The Balaban J connectivity index is 2.19. The minimum atomic E-state index is -0.383. The maximum atomic E-state index is 11.5. The second-order valence-corrected chi connectivity index (χ2v) is 5.55. The number of carbonyl (C=O) groups excluding carboxylic acids is 1. The van der Waals surface area contributed by atoms with E-state index in [1.807, 2.05) is 0 Å². The third-order valence-electron chi connectivity index (χ3n) is 4.32. The number of carbonyl (C=O) groups is 1. The molecule has 7 heteroatoms. The Hall–Kier alpha value is -2.18. The molecule has 0 bridgehead atoms. The van der Waals surface area contributed by atoms with Gasteiger partial charge in [0, 0.05) is 18.6 Å². The van der Waals surface area contributed by atoms with Crippen molar-refractivity contribution in [3.8, 4) is 0 Å². The Bertz CT molecular complexity index is 509. The molecule has 0 amide bonds. The highest BCUT2D eigenvalue weighted by Gasteiger charge is 2.44. The molecule has 7 nitrogen and oxygen atoms in total. The summed E-state index contributed by atoms with van der Waals surface area (Å²) in [6.07, 6.45) is 6.65. The van der Waals surface area contributed by atoms with Gasteiger partial charge in [0.25, 0.3) is 0 Å². The Morgan fingerprint density at radius 3 is 2.70 bits per heavy atom. The monoisotopic (exact) mass is 276 g/mol. The predicted octanol–water partition coefficient (Wildman–Crippen LogP) is 0.767. The SMILES string of the molecule is C[C@]12CCC(=O)C=C1CC[C@@H]2C=NN(C(=N)N)C(=N)N. The fourth-order valence-corrected chi connectivity index (χ4v) is 3.03. The summed E-state index contributed by atoms with van der Waals surface area (Å²) in [5, 5.41) is 19.6. The van der Waals surface area contributed by atoms with E-state index in [1.54, 1.807) is 12.3 Å². The lowest BCUT2D eigenvalue weighted by molar-refractivity contribution is -0.115.